The maximum atomic E-state index is 15.6. The number of ether oxygens (including phenoxy) is 2. The highest BCUT2D eigenvalue weighted by molar-refractivity contribution is 7.90. The Bertz CT molecular complexity index is 5350. The molecule has 9 amide bonds. The standard InChI is InChI=1S/C85H100N18O15S/c1-49(86-9)74(104)93-72(84(3,4)5)81(111)100-45-61-41-70(100)79(109)90-66(39-53-19-25-55-15-11-13-17-57(55)35-53)76(106)89-68(78(108)97-119(115,116)65-31-33-88-34-32-65)37-51-21-27-63(28-22-51)117-47-59-43-103(98-95-59)62-42-71(101(46-62)82(112)73(85(6,7)8)94-75(105)50(2)87-10)80(110)91-67(40-54-20-26-56-16-12-14-18-58(56)36-54)77(107)92-69(83(113)114)38-52-23-29-64(30-24-52)118-48-60-44-102(61)99-96-60/h11-36,43-44,49-50,61-62,66-73,86-87H,37-42,45-48H2,1-10H3,(H,89,106)(H,90,109)(H,91,110)(H,92,107)(H,93,104)(H,94,105)(H,97,108)(H,113,114)/t49-,50-,61-,62-,66-,67-,68-,69-,70-,71-,72+,73+/m0/s1. The van der Waals surface area contributed by atoms with Gasteiger partial charge in [-0.3, -0.25) is 48.1 Å². The lowest BCUT2D eigenvalue weighted by molar-refractivity contribution is -0.145. The molecule has 6 aliphatic heterocycles. The van der Waals surface area contributed by atoms with Crippen LogP contribution in [0.15, 0.2) is 175 Å². The average Bonchev–Trinajstić information content (AvgIpc) is 1.64. The highest BCUT2D eigenvalue weighted by atomic mass is 32.2. The van der Waals surface area contributed by atoms with E-state index in [2.05, 4.69) is 72.9 Å². The van der Waals surface area contributed by atoms with Crippen molar-refractivity contribution in [1.29, 1.82) is 0 Å². The van der Waals surface area contributed by atoms with Gasteiger partial charge in [0.05, 0.1) is 41.5 Å². The molecule has 33 nitrogen and oxygen atoms in total. The zero-order chi connectivity index (χ0) is 85.2. The van der Waals surface area contributed by atoms with Gasteiger partial charge in [-0.05, 0) is 119 Å². The average molecular weight is 1650 g/mol. The lowest BCUT2D eigenvalue weighted by atomic mass is 9.85. The van der Waals surface area contributed by atoms with Gasteiger partial charge >= 0.3 is 5.97 Å². The number of amides is 9. The predicted molar refractivity (Wildman–Crippen MR) is 437 cm³/mol. The summed E-state index contributed by atoms with van der Waals surface area (Å²) in [6, 6.07) is 27.2. The number of rotatable bonds is 16. The van der Waals surface area contributed by atoms with Crippen LogP contribution < -0.4 is 56.7 Å². The molecule has 626 valence electrons. The molecule has 0 spiro atoms. The Balaban J connectivity index is 0.900. The van der Waals surface area contributed by atoms with Gasteiger partial charge in [-0.25, -0.2) is 27.3 Å². The predicted octanol–water partition coefficient (Wildman–Crippen LogP) is 4.10. The molecule has 12 atom stereocenters. The van der Waals surface area contributed by atoms with Crippen LogP contribution in [0.2, 0.25) is 0 Å². The van der Waals surface area contributed by atoms with Crippen LogP contribution in [0, 0.1) is 10.8 Å². The van der Waals surface area contributed by atoms with Gasteiger partial charge in [0.25, 0.3) is 15.9 Å². The van der Waals surface area contributed by atoms with Crippen LogP contribution in [0.3, 0.4) is 0 Å². The highest BCUT2D eigenvalue weighted by Crippen LogP contribution is 2.35. The number of pyridine rings is 1. The van der Waals surface area contributed by atoms with Gasteiger partial charge in [0.1, 0.15) is 84.4 Å². The zero-order valence-corrected chi connectivity index (χ0v) is 68.6. The van der Waals surface area contributed by atoms with Gasteiger partial charge in [-0.2, -0.15) is 0 Å². The Labute approximate surface area is 688 Å². The van der Waals surface area contributed by atoms with Crippen molar-refractivity contribution < 1.29 is 70.9 Å². The molecule has 34 heteroatoms. The summed E-state index contributed by atoms with van der Waals surface area (Å²) >= 11 is 0. The molecule has 9 heterocycles. The number of carbonyl (C=O) groups excluding carboxylic acids is 9. The third-order valence-electron chi connectivity index (χ3n) is 21.8. The largest absolute Gasteiger partial charge is 0.487 e. The first-order valence-corrected chi connectivity index (χ1v) is 40.8. The van der Waals surface area contributed by atoms with Crippen LogP contribution in [0.4, 0.5) is 0 Å². The Morgan fingerprint density at radius 3 is 1.34 bits per heavy atom. The number of nitrogens with zero attached hydrogens (tertiary/aromatic N) is 9. The number of nitrogens with one attached hydrogen (secondary N) is 9. The van der Waals surface area contributed by atoms with E-state index in [4.69, 9.17) is 9.47 Å². The molecule has 9 aromatic rings. The molecule has 0 unspecified atom stereocenters. The summed E-state index contributed by atoms with van der Waals surface area (Å²) in [4.78, 5) is 154. The van der Waals surface area contributed by atoms with Crippen LogP contribution in [0.1, 0.15) is 114 Å². The van der Waals surface area contributed by atoms with Crippen LogP contribution >= 0.6 is 0 Å². The summed E-state index contributed by atoms with van der Waals surface area (Å²) in [7, 11) is -1.40. The summed E-state index contributed by atoms with van der Waals surface area (Å²) in [6.45, 7) is 13.3. The molecule has 0 radical (unpaired) electrons. The first-order chi connectivity index (χ1) is 56.7. The number of carboxylic acid groups (broad SMARTS) is 1. The molecule has 0 saturated carbocycles. The number of benzene rings is 6. The number of sulfonamides is 1. The third kappa shape index (κ3) is 21.2. The number of aromatic nitrogens is 7. The van der Waals surface area contributed by atoms with Crippen LogP contribution in [0.25, 0.3) is 21.5 Å². The summed E-state index contributed by atoms with van der Waals surface area (Å²) in [6.07, 6.45) is 4.62. The van der Waals surface area contributed by atoms with Gasteiger partial charge in [0.2, 0.25) is 47.3 Å². The van der Waals surface area contributed by atoms with E-state index in [1.165, 1.54) is 43.7 Å². The van der Waals surface area contributed by atoms with E-state index in [0.29, 0.717) is 39.4 Å². The maximum Gasteiger partial charge on any atom is 0.326 e. The second-order valence-electron chi connectivity index (χ2n) is 32.6. The number of hydrogen-bond donors (Lipinski definition) is 10. The van der Waals surface area contributed by atoms with Crippen molar-refractivity contribution in [3.05, 3.63) is 204 Å². The summed E-state index contributed by atoms with van der Waals surface area (Å²) < 4.78 is 45.5. The van der Waals surface area contributed by atoms with Gasteiger partial charge in [0, 0.05) is 64.0 Å². The number of carbonyl (C=O) groups is 10. The minimum atomic E-state index is -4.60. The molecular formula is C85H100N18O15S. The Morgan fingerprint density at radius 1 is 0.529 bits per heavy atom. The second-order valence-corrected chi connectivity index (χ2v) is 34.3. The van der Waals surface area contributed by atoms with Crippen molar-refractivity contribution >= 4 is 90.7 Å². The molecule has 119 heavy (non-hydrogen) atoms. The molecule has 3 aromatic heterocycles. The zero-order valence-electron chi connectivity index (χ0n) is 67.8. The van der Waals surface area contributed by atoms with E-state index in [1.54, 1.807) is 143 Å². The van der Waals surface area contributed by atoms with Gasteiger partial charge in [-0.15, -0.1) is 10.2 Å². The van der Waals surface area contributed by atoms with Crippen LogP contribution in [0.5, 0.6) is 11.5 Å². The monoisotopic (exact) mass is 1640 g/mol. The maximum absolute atomic E-state index is 15.6. The van der Waals surface area contributed by atoms with Crippen LogP contribution in [-0.2, 0) is 96.9 Å². The topological polar surface area (TPSA) is 433 Å². The first kappa shape index (κ1) is 85.8. The lowest BCUT2D eigenvalue weighted by Crippen LogP contribution is -2.61. The third-order valence-corrected chi connectivity index (χ3v) is 23.1. The van der Waals surface area contributed by atoms with E-state index < -0.39 is 152 Å². The number of fused-ring (bicyclic) bond motifs is 2. The van der Waals surface area contributed by atoms with E-state index >= 15 is 24.0 Å². The number of carboxylic acids is 1. The molecule has 6 aliphatic rings. The Kier molecular flexibility index (Phi) is 26.6. The van der Waals surface area contributed by atoms with Crippen molar-refractivity contribution in [2.24, 2.45) is 10.8 Å². The summed E-state index contributed by atoms with van der Waals surface area (Å²) in [5.41, 5.74) is 0.842. The van der Waals surface area contributed by atoms with E-state index in [9.17, 15) is 37.5 Å². The molecule has 2 fully saturated rings. The molecule has 0 aliphatic carbocycles. The van der Waals surface area contributed by atoms with Gasteiger partial charge in [-0.1, -0.05) is 161 Å². The quantitative estimate of drug-likeness (QED) is 0.0651. The van der Waals surface area contributed by atoms with Crippen molar-refractivity contribution in [2.75, 3.05) is 27.2 Å². The Hall–Kier alpha value is -12.6. The minimum absolute atomic E-state index is 0.0719. The Morgan fingerprint density at radius 2 is 0.933 bits per heavy atom. The fourth-order valence-electron chi connectivity index (χ4n) is 14.7. The number of likely N-dealkylation sites (tertiary alicyclic amines) is 2. The molecule has 2 saturated heterocycles. The van der Waals surface area contributed by atoms with Gasteiger partial charge in [0.15, 0.2) is 0 Å². The second kappa shape index (κ2) is 36.9. The van der Waals surface area contributed by atoms with Crippen molar-refractivity contribution in [3.8, 4) is 11.5 Å². The number of likely N-dealkylation sites (N-methyl/N-ethyl adjacent to an activating group) is 2. The first-order valence-electron chi connectivity index (χ1n) is 39.4. The van der Waals surface area contributed by atoms with Crippen molar-refractivity contribution in [1.82, 2.24) is 92.0 Å². The minimum Gasteiger partial charge on any atom is -0.487 e. The molecule has 10 N–H and O–H groups in total. The smallest absolute Gasteiger partial charge is 0.326 e. The van der Waals surface area contributed by atoms with E-state index in [1.807, 2.05) is 72.8 Å². The normalized spacial score (nSPS) is 21.0. The fraction of sp³-hybridized carbons (Fsp3) is 0.400. The van der Waals surface area contributed by atoms with E-state index in [-0.39, 0.29) is 75.5 Å². The van der Waals surface area contributed by atoms with E-state index in [0.717, 1.165) is 21.5 Å². The van der Waals surface area contributed by atoms with Gasteiger partial charge < -0.3 is 66.9 Å². The number of hydrogen-bond acceptors (Lipinski definition) is 21. The summed E-state index contributed by atoms with van der Waals surface area (Å²) in [5.74, 6) is -7.40. The molecular weight excluding hydrogens is 1550 g/mol. The molecule has 12 bridgehead atoms. The molecule has 6 aromatic carbocycles. The fourth-order valence-corrected chi connectivity index (χ4v) is 15.7. The van der Waals surface area contributed by atoms with Crippen LogP contribution in [-0.4, -0.2) is 205 Å². The van der Waals surface area contributed by atoms with Crippen molar-refractivity contribution in [2.45, 2.75) is 185 Å². The number of aliphatic carboxylic acids is 1. The van der Waals surface area contributed by atoms with Crippen molar-refractivity contribution in [3.63, 3.8) is 0 Å². The molecule has 15 rings (SSSR count). The summed E-state index contributed by atoms with van der Waals surface area (Å²) in [5, 5.41) is 54.8. The highest BCUT2D eigenvalue weighted by Gasteiger charge is 2.49. The SMILES string of the molecule is CN[C@@H](C)C(=O)N[C@H](C(=O)N1C[C@@H]2C[C@H]1C(=O)N[C@@H](Cc1ccc3ccccc3c1)C(=O)N[C@H](C(=O)O)Cc1ccc(cc1)OCc1cn(nn1)[C@H]1C[C@@H](C(=O)N[C@@H](Cc3ccc4ccccc4c3)C(=O)N[C@H](C(=O)NS(=O)(=O)c3ccncc3)Cc3ccc(cc3)OCc3cn2nn3)N(C(=O)[C@@H](NC(=O)[C@H](C)NC)C(C)(C)C)C1)C(C)(C)C. The lowest BCUT2D eigenvalue weighted by Gasteiger charge is -2.36.